The van der Waals surface area contributed by atoms with E-state index in [4.69, 9.17) is 10.3 Å². The van der Waals surface area contributed by atoms with Gasteiger partial charge in [-0.1, -0.05) is 31.8 Å². The molecule has 1 aromatic rings. The zero-order valence-electron chi connectivity index (χ0n) is 9.85. The predicted molar refractivity (Wildman–Crippen MR) is 64.5 cm³/mol. The fourth-order valence-electron chi connectivity index (χ4n) is 2.02. The molecule has 1 aromatic heterocycles. The van der Waals surface area contributed by atoms with E-state index < -0.39 is 0 Å². The standard InChI is InChI=1S/C11H19N3O.ClH/c1-7(2)9(12)11-13-10(14-15-11)8-5-3-4-6-8;/h7-9H,3-6,12H2,1-2H3;1H/t9-;/m1./s1. The number of nitrogens with zero attached hydrogens (tertiary/aromatic N) is 2. The summed E-state index contributed by atoms with van der Waals surface area (Å²) in [7, 11) is 0. The SMILES string of the molecule is CC(C)[C@@H](N)c1nc(C2CCCC2)no1.Cl. The number of nitrogens with two attached hydrogens (primary N) is 1. The number of hydrogen-bond donors (Lipinski definition) is 1. The van der Waals surface area contributed by atoms with Gasteiger partial charge in [0.05, 0.1) is 6.04 Å². The van der Waals surface area contributed by atoms with Gasteiger partial charge in [0.2, 0.25) is 5.89 Å². The molecule has 2 rings (SSSR count). The quantitative estimate of drug-likeness (QED) is 0.889. The first-order valence-corrected chi connectivity index (χ1v) is 5.77. The third kappa shape index (κ3) is 2.74. The highest BCUT2D eigenvalue weighted by Gasteiger charge is 2.24. The van der Waals surface area contributed by atoms with Gasteiger partial charge in [0.15, 0.2) is 5.82 Å². The van der Waals surface area contributed by atoms with Crippen molar-refractivity contribution in [2.45, 2.75) is 51.5 Å². The van der Waals surface area contributed by atoms with Crippen LogP contribution in [0.25, 0.3) is 0 Å². The van der Waals surface area contributed by atoms with E-state index in [1.807, 2.05) is 0 Å². The Morgan fingerprint density at radius 2 is 1.94 bits per heavy atom. The van der Waals surface area contributed by atoms with Crippen molar-refractivity contribution in [3.05, 3.63) is 11.7 Å². The number of aromatic nitrogens is 2. The predicted octanol–water partition coefficient (Wildman–Crippen LogP) is 2.80. The van der Waals surface area contributed by atoms with Gasteiger partial charge in [-0.05, 0) is 18.8 Å². The van der Waals surface area contributed by atoms with E-state index in [1.165, 1.54) is 25.7 Å². The third-order valence-electron chi connectivity index (χ3n) is 3.18. The summed E-state index contributed by atoms with van der Waals surface area (Å²) in [6.45, 7) is 4.12. The molecule has 16 heavy (non-hydrogen) atoms. The van der Waals surface area contributed by atoms with Crippen LogP contribution in [0, 0.1) is 5.92 Å². The van der Waals surface area contributed by atoms with Crippen LogP contribution >= 0.6 is 12.4 Å². The summed E-state index contributed by atoms with van der Waals surface area (Å²) in [6.07, 6.45) is 4.95. The van der Waals surface area contributed by atoms with E-state index in [-0.39, 0.29) is 18.4 Å². The van der Waals surface area contributed by atoms with Crippen molar-refractivity contribution < 1.29 is 4.52 Å². The van der Waals surface area contributed by atoms with E-state index in [0.29, 0.717) is 17.7 Å². The van der Waals surface area contributed by atoms with E-state index in [2.05, 4.69) is 24.0 Å². The average Bonchev–Trinajstić information content (AvgIpc) is 2.86. The fraction of sp³-hybridized carbons (Fsp3) is 0.818. The number of hydrogen-bond acceptors (Lipinski definition) is 4. The van der Waals surface area contributed by atoms with Gasteiger partial charge in [-0.3, -0.25) is 0 Å². The van der Waals surface area contributed by atoms with Crippen molar-refractivity contribution in [2.75, 3.05) is 0 Å². The average molecular weight is 246 g/mol. The maximum Gasteiger partial charge on any atom is 0.243 e. The van der Waals surface area contributed by atoms with E-state index in [9.17, 15) is 0 Å². The van der Waals surface area contributed by atoms with Crippen LogP contribution in [0.4, 0.5) is 0 Å². The molecule has 4 nitrogen and oxygen atoms in total. The Hall–Kier alpha value is -0.610. The van der Waals surface area contributed by atoms with Crippen LogP contribution < -0.4 is 5.73 Å². The molecule has 0 aliphatic heterocycles. The molecule has 1 saturated carbocycles. The Morgan fingerprint density at radius 1 is 1.31 bits per heavy atom. The molecule has 0 bridgehead atoms. The summed E-state index contributed by atoms with van der Waals surface area (Å²) in [6, 6.07) is -0.132. The van der Waals surface area contributed by atoms with Crippen LogP contribution in [-0.2, 0) is 0 Å². The first kappa shape index (κ1) is 13.5. The lowest BCUT2D eigenvalue weighted by molar-refractivity contribution is 0.321. The van der Waals surface area contributed by atoms with Crippen molar-refractivity contribution in [1.82, 2.24) is 10.1 Å². The lowest BCUT2D eigenvalue weighted by Crippen LogP contribution is -2.17. The van der Waals surface area contributed by atoms with Crippen LogP contribution in [0.15, 0.2) is 4.52 Å². The molecule has 0 aromatic carbocycles. The van der Waals surface area contributed by atoms with Crippen molar-refractivity contribution in [2.24, 2.45) is 11.7 Å². The molecule has 0 radical (unpaired) electrons. The van der Waals surface area contributed by atoms with E-state index in [0.717, 1.165) is 5.82 Å². The van der Waals surface area contributed by atoms with Gasteiger partial charge in [0.25, 0.3) is 0 Å². The lowest BCUT2D eigenvalue weighted by Gasteiger charge is -2.09. The Bertz CT molecular complexity index is 304. The second kappa shape index (κ2) is 5.64. The van der Waals surface area contributed by atoms with E-state index in [1.54, 1.807) is 0 Å². The van der Waals surface area contributed by atoms with Crippen LogP contribution in [0.2, 0.25) is 0 Å². The fourth-order valence-corrected chi connectivity index (χ4v) is 2.02. The molecule has 1 aliphatic carbocycles. The minimum absolute atomic E-state index is 0. The Morgan fingerprint density at radius 3 is 2.50 bits per heavy atom. The summed E-state index contributed by atoms with van der Waals surface area (Å²) in [5.74, 6) is 2.29. The number of halogens is 1. The molecule has 0 amide bonds. The third-order valence-corrected chi connectivity index (χ3v) is 3.18. The summed E-state index contributed by atoms with van der Waals surface area (Å²) < 4.78 is 5.21. The first-order valence-electron chi connectivity index (χ1n) is 5.77. The van der Waals surface area contributed by atoms with Gasteiger partial charge < -0.3 is 10.3 Å². The largest absolute Gasteiger partial charge is 0.338 e. The molecule has 0 saturated heterocycles. The molecular formula is C11H20ClN3O. The highest BCUT2D eigenvalue weighted by Crippen LogP contribution is 2.32. The van der Waals surface area contributed by atoms with Crippen LogP contribution in [0.3, 0.4) is 0 Å². The summed E-state index contributed by atoms with van der Waals surface area (Å²) >= 11 is 0. The van der Waals surface area contributed by atoms with Crippen LogP contribution in [0.1, 0.15) is 63.2 Å². The lowest BCUT2D eigenvalue weighted by atomic mass is 10.1. The maximum absolute atomic E-state index is 5.95. The highest BCUT2D eigenvalue weighted by atomic mass is 35.5. The molecule has 92 valence electrons. The van der Waals surface area contributed by atoms with Gasteiger partial charge >= 0.3 is 0 Å². The summed E-state index contributed by atoms with van der Waals surface area (Å²) in [5.41, 5.74) is 5.95. The second-order valence-electron chi connectivity index (χ2n) is 4.74. The van der Waals surface area contributed by atoms with Gasteiger partial charge in [-0.15, -0.1) is 12.4 Å². The minimum Gasteiger partial charge on any atom is -0.338 e. The van der Waals surface area contributed by atoms with Crippen LogP contribution in [0.5, 0.6) is 0 Å². The Labute approximate surface area is 102 Å². The molecule has 1 fully saturated rings. The van der Waals surface area contributed by atoms with Gasteiger partial charge in [0, 0.05) is 5.92 Å². The molecule has 5 heteroatoms. The smallest absolute Gasteiger partial charge is 0.243 e. The van der Waals surface area contributed by atoms with Crippen LogP contribution in [-0.4, -0.2) is 10.1 Å². The molecule has 0 spiro atoms. The van der Waals surface area contributed by atoms with Crippen molar-refractivity contribution in [1.29, 1.82) is 0 Å². The summed E-state index contributed by atoms with van der Waals surface area (Å²) in [4.78, 5) is 4.41. The normalized spacial score (nSPS) is 18.8. The topological polar surface area (TPSA) is 64.9 Å². The maximum atomic E-state index is 5.95. The molecule has 2 N–H and O–H groups in total. The zero-order valence-corrected chi connectivity index (χ0v) is 10.7. The molecular weight excluding hydrogens is 226 g/mol. The molecule has 1 atom stereocenters. The van der Waals surface area contributed by atoms with Crippen molar-refractivity contribution in [3.8, 4) is 0 Å². The van der Waals surface area contributed by atoms with Gasteiger partial charge in [-0.2, -0.15) is 4.98 Å². The Kier molecular flexibility index (Phi) is 4.74. The van der Waals surface area contributed by atoms with E-state index >= 15 is 0 Å². The number of rotatable bonds is 3. The highest BCUT2D eigenvalue weighted by molar-refractivity contribution is 5.85. The Balaban J connectivity index is 0.00000128. The second-order valence-corrected chi connectivity index (χ2v) is 4.74. The zero-order chi connectivity index (χ0) is 10.8. The van der Waals surface area contributed by atoms with Gasteiger partial charge in [0.1, 0.15) is 0 Å². The summed E-state index contributed by atoms with van der Waals surface area (Å²) in [5, 5.41) is 4.04. The van der Waals surface area contributed by atoms with Gasteiger partial charge in [-0.25, -0.2) is 0 Å². The van der Waals surface area contributed by atoms with Crippen molar-refractivity contribution in [3.63, 3.8) is 0 Å². The molecule has 1 heterocycles. The first-order chi connectivity index (χ1) is 7.18. The minimum atomic E-state index is -0.132. The molecule has 1 aliphatic rings. The van der Waals surface area contributed by atoms with Crippen molar-refractivity contribution >= 4 is 12.4 Å². The molecule has 0 unspecified atom stereocenters. The monoisotopic (exact) mass is 245 g/mol.